The third-order valence-electron chi connectivity index (χ3n) is 4.40. The molecule has 2 aliphatic rings. The van der Waals surface area contributed by atoms with Crippen molar-refractivity contribution in [2.75, 3.05) is 33.8 Å². The van der Waals surface area contributed by atoms with Crippen LogP contribution in [-0.2, 0) is 9.53 Å². The number of nitrogens with zero attached hydrogens (tertiary/aromatic N) is 3. The summed E-state index contributed by atoms with van der Waals surface area (Å²) in [6.07, 6.45) is 5.25. The molecule has 3 atom stereocenters. The molecule has 0 aromatic carbocycles. The Bertz CT molecular complexity index is 472. The van der Waals surface area contributed by atoms with Crippen LogP contribution in [0.3, 0.4) is 0 Å². The van der Waals surface area contributed by atoms with Crippen LogP contribution < -0.4 is 10.6 Å². The molecule has 1 aliphatic carbocycles. The summed E-state index contributed by atoms with van der Waals surface area (Å²) in [5.74, 6) is 0.559. The highest BCUT2D eigenvalue weighted by atomic mass is 127. The highest BCUT2D eigenvalue weighted by molar-refractivity contribution is 14.0. The number of rotatable bonds is 5. The number of nitriles is 1. The molecular weight excluding hydrogens is 421 g/mol. The van der Waals surface area contributed by atoms with Crippen LogP contribution in [0, 0.1) is 17.2 Å². The fourth-order valence-electron chi connectivity index (χ4n) is 2.92. The van der Waals surface area contributed by atoms with E-state index >= 15 is 0 Å². The average Bonchev–Trinajstić information content (AvgIpc) is 3.20. The molecule has 1 aliphatic heterocycles. The lowest BCUT2D eigenvalue weighted by molar-refractivity contribution is -0.127. The molecule has 136 valence electrons. The Morgan fingerprint density at radius 2 is 2.12 bits per heavy atom. The first-order valence-electron chi connectivity index (χ1n) is 8.36. The SMILES string of the molecule is CN(C)C(=O)CN=C(NCC1CCCO1)NC1CCCC1C#N.I. The number of guanidine groups is 1. The van der Waals surface area contributed by atoms with Gasteiger partial charge < -0.3 is 20.3 Å². The molecule has 1 amide bonds. The molecule has 1 heterocycles. The number of hydrogen-bond acceptors (Lipinski definition) is 4. The standard InChI is InChI=1S/C16H27N5O2.HI/c1-21(2)15(22)11-19-16(18-10-13-6-4-8-23-13)20-14-7-3-5-12(14)9-17;/h12-14H,3-8,10-11H2,1-2H3,(H2,18,19,20);1H. The zero-order valence-corrected chi connectivity index (χ0v) is 16.8. The summed E-state index contributed by atoms with van der Waals surface area (Å²) in [6, 6.07) is 2.46. The van der Waals surface area contributed by atoms with Crippen molar-refractivity contribution < 1.29 is 9.53 Å². The summed E-state index contributed by atoms with van der Waals surface area (Å²) < 4.78 is 5.61. The quantitative estimate of drug-likeness (QED) is 0.373. The third-order valence-corrected chi connectivity index (χ3v) is 4.40. The number of carbonyl (C=O) groups is 1. The van der Waals surface area contributed by atoms with E-state index in [1.54, 1.807) is 14.1 Å². The molecule has 0 radical (unpaired) electrons. The van der Waals surface area contributed by atoms with Crippen molar-refractivity contribution in [1.29, 1.82) is 5.26 Å². The van der Waals surface area contributed by atoms with Crippen LogP contribution in [-0.4, -0.2) is 62.7 Å². The molecule has 1 saturated carbocycles. The van der Waals surface area contributed by atoms with Crippen LogP contribution in [0.4, 0.5) is 0 Å². The predicted octanol–water partition coefficient (Wildman–Crippen LogP) is 1.10. The van der Waals surface area contributed by atoms with E-state index in [1.165, 1.54) is 4.90 Å². The summed E-state index contributed by atoms with van der Waals surface area (Å²) >= 11 is 0. The van der Waals surface area contributed by atoms with Crippen molar-refractivity contribution in [3.63, 3.8) is 0 Å². The number of amides is 1. The normalized spacial score (nSPS) is 26.4. The highest BCUT2D eigenvalue weighted by Crippen LogP contribution is 2.24. The third kappa shape index (κ3) is 6.43. The Morgan fingerprint density at radius 3 is 2.75 bits per heavy atom. The minimum absolute atomic E-state index is 0. The maximum absolute atomic E-state index is 11.8. The Kier molecular flexibility index (Phi) is 9.36. The number of aliphatic imine (C=N–C) groups is 1. The number of nitrogens with one attached hydrogen (secondary N) is 2. The molecular formula is C16H28IN5O2. The molecule has 7 nitrogen and oxygen atoms in total. The number of halogens is 1. The first-order chi connectivity index (χ1) is 11.1. The van der Waals surface area contributed by atoms with Gasteiger partial charge in [-0.25, -0.2) is 4.99 Å². The zero-order chi connectivity index (χ0) is 16.7. The summed E-state index contributed by atoms with van der Waals surface area (Å²) in [6.45, 7) is 1.58. The van der Waals surface area contributed by atoms with Gasteiger partial charge >= 0.3 is 0 Å². The Hall–Kier alpha value is -1.08. The second-order valence-electron chi connectivity index (χ2n) is 6.39. The number of hydrogen-bond donors (Lipinski definition) is 2. The highest BCUT2D eigenvalue weighted by Gasteiger charge is 2.28. The van der Waals surface area contributed by atoms with Crippen LogP contribution in [0.25, 0.3) is 0 Å². The van der Waals surface area contributed by atoms with E-state index in [-0.39, 0.29) is 54.5 Å². The van der Waals surface area contributed by atoms with Gasteiger partial charge in [-0.05, 0) is 32.1 Å². The van der Waals surface area contributed by atoms with Gasteiger partial charge in [0.25, 0.3) is 0 Å². The summed E-state index contributed by atoms with van der Waals surface area (Å²) in [7, 11) is 3.43. The van der Waals surface area contributed by atoms with E-state index in [1.807, 2.05) is 0 Å². The van der Waals surface area contributed by atoms with E-state index < -0.39 is 0 Å². The monoisotopic (exact) mass is 449 g/mol. The van der Waals surface area contributed by atoms with Crippen molar-refractivity contribution in [1.82, 2.24) is 15.5 Å². The average molecular weight is 449 g/mol. The molecule has 0 aromatic heterocycles. The molecule has 2 fully saturated rings. The van der Waals surface area contributed by atoms with Crippen molar-refractivity contribution in [2.24, 2.45) is 10.9 Å². The van der Waals surface area contributed by atoms with Gasteiger partial charge in [0, 0.05) is 33.3 Å². The lowest BCUT2D eigenvalue weighted by Gasteiger charge is -2.21. The topological polar surface area (TPSA) is 89.8 Å². The summed E-state index contributed by atoms with van der Waals surface area (Å²) in [5, 5.41) is 15.8. The van der Waals surface area contributed by atoms with Crippen molar-refractivity contribution >= 4 is 35.8 Å². The molecule has 0 aromatic rings. The van der Waals surface area contributed by atoms with Gasteiger partial charge in [0.1, 0.15) is 6.54 Å². The molecule has 3 unspecified atom stereocenters. The van der Waals surface area contributed by atoms with Crippen LogP contribution in [0.5, 0.6) is 0 Å². The van der Waals surface area contributed by atoms with Crippen molar-refractivity contribution in [2.45, 2.75) is 44.2 Å². The largest absolute Gasteiger partial charge is 0.376 e. The van der Waals surface area contributed by atoms with Crippen molar-refractivity contribution in [3.8, 4) is 6.07 Å². The number of carbonyl (C=O) groups excluding carboxylic acids is 1. The zero-order valence-electron chi connectivity index (χ0n) is 14.5. The maximum atomic E-state index is 11.8. The van der Waals surface area contributed by atoms with E-state index in [2.05, 4.69) is 21.7 Å². The summed E-state index contributed by atoms with van der Waals surface area (Å²) in [5.41, 5.74) is 0. The number of ether oxygens (including phenoxy) is 1. The van der Waals surface area contributed by atoms with E-state index in [9.17, 15) is 10.1 Å². The summed E-state index contributed by atoms with van der Waals surface area (Å²) in [4.78, 5) is 17.7. The lowest BCUT2D eigenvalue weighted by Crippen LogP contribution is -2.47. The second-order valence-corrected chi connectivity index (χ2v) is 6.39. The molecule has 24 heavy (non-hydrogen) atoms. The second kappa shape index (κ2) is 10.7. The Morgan fingerprint density at radius 1 is 1.33 bits per heavy atom. The molecule has 1 saturated heterocycles. The van der Waals surface area contributed by atoms with Gasteiger partial charge in [-0.3, -0.25) is 4.79 Å². The molecule has 0 spiro atoms. The molecule has 2 rings (SSSR count). The maximum Gasteiger partial charge on any atom is 0.243 e. The van der Waals surface area contributed by atoms with Crippen LogP contribution in [0.2, 0.25) is 0 Å². The predicted molar refractivity (Wildman–Crippen MR) is 103 cm³/mol. The first kappa shape index (κ1) is 21.0. The minimum atomic E-state index is -0.0496. The van der Waals surface area contributed by atoms with Gasteiger partial charge in [0.05, 0.1) is 18.1 Å². The molecule has 8 heteroatoms. The van der Waals surface area contributed by atoms with E-state index in [4.69, 9.17) is 4.74 Å². The fourth-order valence-corrected chi connectivity index (χ4v) is 2.92. The molecule has 2 N–H and O–H groups in total. The Labute approximate surface area is 161 Å². The fraction of sp³-hybridized carbons (Fsp3) is 0.812. The minimum Gasteiger partial charge on any atom is -0.376 e. The van der Waals surface area contributed by atoms with Gasteiger partial charge in [0.15, 0.2) is 5.96 Å². The van der Waals surface area contributed by atoms with Crippen LogP contribution in [0.1, 0.15) is 32.1 Å². The first-order valence-corrected chi connectivity index (χ1v) is 8.36. The van der Waals surface area contributed by atoms with Gasteiger partial charge in [-0.1, -0.05) is 0 Å². The van der Waals surface area contributed by atoms with Gasteiger partial charge in [-0.2, -0.15) is 5.26 Å². The van der Waals surface area contributed by atoms with Gasteiger partial charge in [0.2, 0.25) is 5.91 Å². The lowest BCUT2D eigenvalue weighted by atomic mass is 10.1. The molecule has 0 bridgehead atoms. The van der Waals surface area contributed by atoms with Crippen molar-refractivity contribution in [3.05, 3.63) is 0 Å². The van der Waals surface area contributed by atoms with Crippen LogP contribution in [0.15, 0.2) is 4.99 Å². The van der Waals surface area contributed by atoms with Gasteiger partial charge in [-0.15, -0.1) is 24.0 Å². The Balaban J connectivity index is 0.00000288. The number of likely N-dealkylation sites (N-methyl/N-ethyl adjacent to an activating group) is 1. The van der Waals surface area contributed by atoms with E-state index in [0.717, 1.165) is 38.7 Å². The smallest absolute Gasteiger partial charge is 0.243 e. The van der Waals surface area contributed by atoms with Crippen LogP contribution >= 0.6 is 24.0 Å². The van der Waals surface area contributed by atoms with E-state index in [0.29, 0.717) is 12.5 Å².